The largest absolute Gasteiger partial charge is 0.467 e. The Kier molecular flexibility index (Phi) is 4.47. The van der Waals surface area contributed by atoms with Crippen molar-refractivity contribution in [2.24, 2.45) is 0 Å². The lowest BCUT2D eigenvalue weighted by atomic mass is 10.2. The minimum Gasteiger partial charge on any atom is -0.467 e. The lowest BCUT2D eigenvalue weighted by molar-refractivity contribution is 0.518. The van der Waals surface area contributed by atoms with Crippen molar-refractivity contribution >= 4 is 22.7 Å². The van der Waals surface area contributed by atoms with Gasteiger partial charge in [0.15, 0.2) is 0 Å². The Morgan fingerprint density at radius 1 is 0.846 bits per heavy atom. The van der Waals surface area contributed by atoms with Gasteiger partial charge in [0.25, 0.3) is 0 Å². The lowest BCUT2D eigenvalue weighted by Gasteiger charge is -2.11. The van der Waals surface area contributed by atoms with E-state index in [0.29, 0.717) is 19.0 Å². The first-order chi connectivity index (χ1) is 12.8. The fourth-order valence-electron chi connectivity index (χ4n) is 2.66. The normalized spacial score (nSPS) is 10.8. The van der Waals surface area contributed by atoms with Gasteiger partial charge >= 0.3 is 0 Å². The van der Waals surface area contributed by atoms with Gasteiger partial charge in [-0.05, 0) is 42.0 Å². The summed E-state index contributed by atoms with van der Waals surface area (Å²) in [6.07, 6.45) is 1.64. The molecule has 0 atom stereocenters. The second-order valence-corrected chi connectivity index (χ2v) is 5.83. The molecule has 4 rings (SSSR count). The maximum Gasteiger partial charge on any atom is 0.225 e. The molecular weight excluding hydrogens is 331 g/mol. The van der Waals surface area contributed by atoms with Crippen molar-refractivity contribution in [1.82, 2.24) is 9.97 Å². The summed E-state index contributed by atoms with van der Waals surface area (Å²) in [6.45, 7) is 1.04. The van der Waals surface area contributed by atoms with Crippen molar-refractivity contribution in [2.75, 3.05) is 10.6 Å². The first-order valence-corrected chi connectivity index (χ1v) is 8.29. The van der Waals surface area contributed by atoms with Gasteiger partial charge in [0.1, 0.15) is 17.4 Å². The molecule has 4 aromatic rings. The van der Waals surface area contributed by atoms with Crippen LogP contribution in [0.1, 0.15) is 11.3 Å². The third kappa shape index (κ3) is 3.64. The summed E-state index contributed by atoms with van der Waals surface area (Å²) >= 11 is 0. The van der Waals surface area contributed by atoms with Crippen molar-refractivity contribution in [3.05, 3.63) is 84.1 Å². The number of para-hydroxylation sites is 1. The minimum atomic E-state index is -0.250. The summed E-state index contributed by atoms with van der Waals surface area (Å²) in [5.41, 5.74) is 1.79. The van der Waals surface area contributed by atoms with Gasteiger partial charge in [0.2, 0.25) is 5.95 Å². The van der Waals surface area contributed by atoms with Gasteiger partial charge in [-0.15, -0.1) is 0 Å². The highest BCUT2D eigenvalue weighted by Crippen LogP contribution is 2.22. The van der Waals surface area contributed by atoms with Gasteiger partial charge in [0.05, 0.1) is 18.3 Å². The Balaban J connectivity index is 1.57. The molecule has 0 aliphatic rings. The number of halogens is 1. The molecule has 0 radical (unpaired) electrons. The van der Waals surface area contributed by atoms with Crippen molar-refractivity contribution in [3.8, 4) is 0 Å². The molecule has 0 aliphatic carbocycles. The molecule has 6 heteroatoms. The van der Waals surface area contributed by atoms with Crippen LogP contribution >= 0.6 is 0 Å². The van der Waals surface area contributed by atoms with Crippen molar-refractivity contribution in [2.45, 2.75) is 13.1 Å². The highest BCUT2D eigenvalue weighted by atomic mass is 19.1. The molecular formula is C20H17FN4O. The molecule has 2 aromatic carbocycles. The molecule has 2 aromatic heterocycles. The van der Waals surface area contributed by atoms with Gasteiger partial charge < -0.3 is 15.1 Å². The number of nitrogens with one attached hydrogen (secondary N) is 2. The van der Waals surface area contributed by atoms with Crippen LogP contribution in [0.25, 0.3) is 10.9 Å². The van der Waals surface area contributed by atoms with Crippen LogP contribution < -0.4 is 10.6 Å². The Hall–Kier alpha value is -3.41. The van der Waals surface area contributed by atoms with E-state index in [9.17, 15) is 4.39 Å². The molecule has 0 saturated heterocycles. The summed E-state index contributed by atoms with van der Waals surface area (Å²) in [5.74, 6) is 1.82. The number of nitrogens with zero attached hydrogens (tertiary/aromatic N) is 2. The molecule has 130 valence electrons. The van der Waals surface area contributed by atoms with Gasteiger partial charge in [-0.3, -0.25) is 0 Å². The van der Waals surface area contributed by atoms with E-state index in [4.69, 9.17) is 4.42 Å². The van der Waals surface area contributed by atoms with E-state index >= 15 is 0 Å². The third-order valence-corrected chi connectivity index (χ3v) is 3.98. The second kappa shape index (κ2) is 7.23. The zero-order valence-corrected chi connectivity index (χ0v) is 13.9. The maximum absolute atomic E-state index is 13.0. The average molecular weight is 348 g/mol. The van der Waals surface area contributed by atoms with Crippen LogP contribution in [0, 0.1) is 5.82 Å². The molecule has 0 unspecified atom stereocenters. The van der Waals surface area contributed by atoms with E-state index in [0.717, 1.165) is 28.0 Å². The van der Waals surface area contributed by atoms with E-state index in [1.54, 1.807) is 18.4 Å². The average Bonchev–Trinajstić information content (AvgIpc) is 3.19. The fraction of sp³-hybridized carbons (Fsp3) is 0.100. The maximum atomic E-state index is 13.0. The number of anilines is 2. The van der Waals surface area contributed by atoms with Crippen molar-refractivity contribution < 1.29 is 8.81 Å². The number of aromatic nitrogens is 2. The Morgan fingerprint density at radius 3 is 2.50 bits per heavy atom. The van der Waals surface area contributed by atoms with Crippen LogP contribution in [0.2, 0.25) is 0 Å². The van der Waals surface area contributed by atoms with E-state index in [1.165, 1.54) is 12.1 Å². The summed E-state index contributed by atoms with van der Waals surface area (Å²) in [6, 6.07) is 17.9. The molecule has 0 fully saturated rings. The number of furan rings is 1. The van der Waals surface area contributed by atoms with Gasteiger partial charge in [0, 0.05) is 11.9 Å². The molecule has 26 heavy (non-hydrogen) atoms. The number of rotatable bonds is 6. The first-order valence-electron chi connectivity index (χ1n) is 8.29. The molecule has 0 saturated carbocycles. The fourth-order valence-corrected chi connectivity index (χ4v) is 2.66. The zero-order valence-electron chi connectivity index (χ0n) is 13.9. The van der Waals surface area contributed by atoms with E-state index in [1.807, 2.05) is 36.4 Å². The Labute approximate surface area is 149 Å². The smallest absolute Gasteiger partial charge is 0.225 e. The van der Waals surface area contributed by atoms with E-state index in [2.05, 4.69) is 20.6 Å². The number of fused-ring (bicyclic) bond motifs is 1. The molecule has 2 N–H and O–H groups in total. The topological polar surface area (TPSA) is 63.0 Å². The van der Waals surface area contributed by atoms with E-state index in [-0.39, 0.29) is 5.82 Å². The van der Waals surface area contributed by atoms with Gasteiger partial charge in [-0.2, -0.15) is 4.98 Å². The molecule has 0 aliphatic heterocycles. The first kappa shape index (κ1) is 16.1. The molecule has 0 bridgehead atoms. The van der Waals surface area contributed by atoms with Gasteiger partial charge in [-0.25, -0.2) is 9.37 Å². The van der Waals surface area contributed by atoms with Crippen LogP contribution in [0.3, 0.4) is 0 Å². The van der Waals surface area contributed by atoms with Crippen LogP contribution in [0.4, 0.5) is 16.2 Å². The predicted molar refractivity (Wildman–Crippen MR) is 99.3 cm³/mol. The Bertz CT molecular complexity index is 1000. The third-order valence-electron chi connectivity index (χ3n) is 3.98. The molecule has 5 nitrogen and oxygen atoms in total. The monoisotopic (exact) mass is 348 g/mol. The number of benzene rings is 2. The van der Waals surface area contributed by atoms with Crippen LogP contribution in [0.15, 0.2) is 71.3 Å². The highest BCUT2D eigenvalue weighted by Gasteiger charge is 2.08. The Morgan fingerprint density at radius 2 is 1.69 bits per heavy atom. The van der Waals surface area contributed by atoms with Crippen molar-refractivity contribution in [1.29, 1.82) is 0 Å². The second-order valence-electron chi connectivity index (χ2n) is 5.83. The number of hydrogen-bond donors (Lipinski definition) is 2. The number of hydrogen-bond acceptors (Lipinski definition) is 5. The SMILES string of the molecule is Fc1ccc(CNc2nc(NCc3ccco3)c3ccccc3n2)cc1. The predicted octanol–water partition coefficient (Wildman–Crippen LogP) is 4.59. The summed E-state index contributed by atoms with van der Waals surface area (Å²) < 4.78 is 18.4. The summed E-state index contributed by atoms with van der Waals surface area (Å²) in [7, 11) is 0. The standard InChI is InChI=1S/C20H17FN4O/c21-15-9-7-14(8-10-15)12-23-20-24-18-6-2-1-5-17(18)19(25-20)22-13-16-4-3-11-26-16/h1-11H,12-13H2,(H2,22,23,24,25). The van der Waals surface area contributed by atoms with Crippen LogP contribution in [0.5, 0.6) is 0 Å². The zero-order chi connectivity index (χ0) is 17.8. The molecule has 2 heterocycles. The highest BCUT2D eigenvalue weighted by molar-refractivity contribution is 5.89. The minimum absolute atomic E-state index is 0.250. The van der Waals surface area contributed by atoms with E-state index < -0.39 is 0 Å². The summed E-state index contributed by atoms with van der Waals surface area (Å²) in [5, 5.41) is 7.44. The lowest BCUT2D eigenvalue weighted by Crippen LogP contribution is -2.07. The summed E-state index contributed by atoms with van der Waals surface area (Å²) in [4.78, 5) is 9.14. The van der Waals surface area contributed by atoms with Crippen LogP contribution in [-0.2, 0) is 13.1 Å². The van der Waals surface area contributed by atoms with Crippen LogP contribution in [-0.4, -0.2) is 9.97 Å². The molecule has 0 amide bonds. The quantitative estimate of drug-likeness (QED) is 0.534. The van der Waals surface area contributed by atoms with Gasteiger partial charge in [-0.1, -0.05) is 24.3 Å². The molecule has 0 spiro atoms. The van der Waals surface area contributed by atoms with Crippen molar-refractivity contribution in [3.63, 3.8) is 0 Å².